The number of nitrogens with zero attached hydrogens (tertiary/aromatic N) is 3. The van der Waals surface area contributed by atoms with E-state index in [0.717, 1.165) is 50.0 Å². The van der Waals surface area contributed by atoms with Crippen molar-refractivity contribution in [2.24, 2.45) is 0 Å². The van der Waals surface area contributed by atoms with Crippen molar-refractivity contribution in [2.75, 3.05) is 6.54 Å². The van der Waals surface area contributed by atoms with Crippen molar-refractivity contribution in [2.45, 2.75) is 19.9 Å². The molecule has 0 aliphatic heterocycles. The highest BCUT2D eigenvalue weighted by atomic mass is 32.1. The van der Waals surface area contributed by atoms with Gasteiger partial charge in [0, 0.05) is 28.7 Å². The maximum atomic E-state index is 13.3. The second kappa shape index (κ2) is 7.84. The van der Waals surface area contributed by atoms with E-state index in [0.29, 0.717) is 12.1 Å². The van der Waals surface area contributed by atoms with Gasteiger partial charge in [-0.05, 0) is 42.3 Å². The van der Waals surface area contributed by atoms with Crippen molar-refractivity contribution in [1.82, 2.24) is 14.9 Å². The van der Waals surface area contributed by atoms with E-state index < -0.39 is 0 Å². The van der Waals surface area contributed by atoms with Gasteiger partial charge in [-0.1, -0.05) is 49.4 Å². The number of carbonyl (C=O) groups is 1. The van der Waals surface area contributed by atoms with Crippen LogP contribution in [0.3, 0.4) is 0 Å². The quantitative estimate of drug-likeness (QED) is 0.354. The largest absolute Gasteiger partial charge is 0.334 e. The minimum Gasteiger partial charge on any atom is -0.334 e. The van der Waals surface area contributed by atoms with Gasteiger partial charge in [0.15, 0.2) is 0 Å². The fourth-order valence-corrected chi connectivity index (χ4v) is 4.79. The molecule has 4 nitrogen and oxygen atoms in total. The number of carbonyl (C=O) groups excluding carboxylic acids is 1. The molecule has 0 aliphatic carbocycles. The van der Waals surface area contributed by atoms with Gasteiger partial charge < -0.3 is 4.90 Å². The van der Waals surface area contributed by atoms with Crippen LogP contribution in [0.1, 0.15) is 29.3 Å². The Hall–Kier alpha value is -3.31. The summed E-state index contributed by atoms with van der Waals surface area (Å²) in [5.41, 5.74) is 4.47. The van der Waals surface area contributed by atoms with Crippen molar-refractivity contribution >= 4 is 48.7 Å². The van der Waals surface area contributed by atoms with Crippen molar-refractivity contribution in [3.05, 3.63) is 83.9 Å². The van der Waals surface area contributed by atoms with E-state index in [-0.39, 0.29) is 5.91 Å². The Bertz CT molecular complexity index is 1360. The van der Waals surface area contributed by atoms with Crippen LogP contribution in [0, 0.1) is 0 Å². The molecule has 0 N–H and O–H groups in total. The van der Waals surface area contributed by atoms with Crippen molar-refractivity contribution < 1.29 is 4.79 Å². The maximum absolute atomic E-state index is 13.3. The highest BCUT2D eigenvalue weighted by Gasteiger charge is 2.18. The van der Waals surface area contributed by atoms with Crippen LogP contribution in [0.2, 0.25) is 0 Å². The van der Waals surface area contributed by atoms with Gasteiger partial charge in [-0.2, -0.15) is 0 Å². The lowest BCUT2D eigenvalue weighted by atomic mass is 10.1. The van der Waals surface area contributed by atoms with Crippen LogP contribution in [-0.2, 0) is 6.54 Å². The highest BCUT2D eigenvalue weighted by Crippen LogP contribution is 2.33. The molecule has 0 saturated heterocycles. The van der Waals surface area contributed by atoms with Gasteiger partial charge in [0.05, 0.1) is 11.0 Å². The standard InChI is InChI=1S/C25H21N3OS/c1-2-14-28(16-17-8-4-3-5-9-17)25(29)18-12-13-22-19(15-18)23-24(30-22)27-21-11-7-6-10-20(21)26-23/h3-13,15H,2,14,16H2,1H3. The lowest BCUT2D eigenvalue weighted by Gasteiger charge is -2.22. The van der Waals surface area contributed by atoms with Crippen LogP contribution >= 0.6 is 11.3 Å². The smallest absolute Gasteiger partial charge is 0.254 e. The average molecular weight is 412 g/mol. The third kappa shape index (κ3) is 3.42. The van der Waals surface area contributed by atoms with Crippen LogP contribution < -0.4 is 0 Å². The molecule has 0 unspecified atom stereocenters. The number of para-hydroxylation sites is 2. The summed E-state index contributed by atoms with van der Waals surface area (Å²) in [6.45, 7) is 3.43. The second-order valence-corrected chi connectivity index (χ2v) is 8.42. The summed E-state index contributed by atoms with van der Waals surface area (Å²) < 4.78 is 1.10. The van der Waals surface area contributed by atoms with Crippen LogP contribution in [0.5, 0.6) is 0 Å². The van der Waals surface area contributed by atoms with Crippen molar-refractivity contribution in [1.29, 1.82) is 0 Å². The van der Waals surface area contributed by atoms with Crippen molar-refractivity contribution in [3.63, 3.8) is 0 Å². The zero-order chi connectivity index (χ0) is 20.5. The van der Waals surface area contributed by atoms with Crippen LogP contribution in [0.25, 0.3) is 31.5 Å². The summed E-state index contributed by atoms with van der Waals surface area (Å²) in [5.74, 6) is 0.0516. The molecule has 0 radical (unpaired) electrons. The Kier molecular flexibility index (Phi) is 4.89. The molecule has 5 heteroatoms. The van der Waals surface area contributed by atoms with Crippen LogP contribution in [-0.4, -0.2) is 27.3 Å². The summed E-state index contributed by atoms with van der Waals surface area (Å²) in [6, 6.07) is 24.0. The first kappa shape index (κ1) is 18.7. The number of amides is 1. The Morgan fingerprint density at radius 2 is 1.67 bits per heavy atom. The normalized spacial score (nSPS) is 11.4. The van der Waals surface area contributed by atoms with E-state index in [1.165, 1.54) is 0 Å². The van der Waals surface area contributed by atoms with Crippen LogP contribution in [0.15, 0.2) is 72.8 Å². The number of benzene rings is 3. The number of rotatable bonds is 5. The molecule has 30 heavy (non-hydrogen) atoms. The number of hydrogen-bond acceptors (Lipinski definition) is 4. The number of aromatic nitrogens is 2. The van der Waals surface area contributed by atoms with E-state index >= 15 is 0 Å². The third-order valence-corrected chi connectivity index (χ3v) is 6.28. The molecule has 3 aromatic carbocycles. The summed E-state index contributed by atoms with van der Waals surface area (Å²) in [5, 5.41) is 0.996. The predicted molar refractivity (Wildman–Crippen MR) is 124 cm³/mol. The van der Waals surface area contributed by atoms with E-state index in [1.54, 1.807) is 11.3 Å². The third-order valence-electron chi connectivity index (χ3n) is 5.22. The van der Waals surface area contributed by atoms with E-state index in [2.05, 4.69) is 19.1 Å². The summed E-state index contributed by atoms with van der Waals surface area (Å²) >= 11 is 1.62. The van der Waals surface area contributed by atoms with Gasteiger partial charge in [-0.3, -0.25) is 4.79 Å². The molecule has 5 aromatic rings. The van der Waals surface area contributed by atoms with Gasteiger partial charge in [0.1, 0.15) is 10.3 Å². The molecule has 0 spiro atoms. The minimum absolute atomic E-state index is 0.0516. The van der Waals surface area contributed by atoms with Crippen molar-refractivity contribution in [3.8, 4) is 0 Å². The van der Waals surface area contributed by atoms with E-state index in [4.69, 9.17) is 9.97 Å². The molecular formula is C25H21N3OS. The van der Waals surface area contributed by atoms with Gasteiger partial charge >= 0.3 is 0 Å². The Labute approximate surface area is 178 Å². The molecule has 5 rings (SSSR count). The summed E-state index contributed by atoms with van der Waals surface area (Å²) in [7, 11) is 0. The zero-order valence-corrected chi connectivity index (χ0v) is 17.5. The van der Waals surface area contributed by atoms with Gasteiger partial charge in [0.2, 0.25) is 0 Å². The maximum Gasteiger partial charge on any atom is 0.254 e. The SMILES string of the molecule is CCCN(Cc1ccccc1)C(=O)c1ccc2sc3nc4ccccc4nc3c2c1. The molecule has 0 atom stereocenters. The minimum atomic E-state index is 0.0516. The molecule has 1 amide bonds. The molecule has 0 saturated carbocycles. The van der Waals surface area contributed by atoms with Crippen LogP contribution in [0.4, 0.5) is 0 Å². The fraction of sp³-hybridized carbons (Fsp3) is 0.160. The Morgan fingerprint density at radius 1 is 0.933 bits per heavy atom. The molecule has 0 bridgehead atoms. The Balaban J connectivity index is 1.56. The first-order valence-corrected chi connectivity index (χ1v) is 11.0. The average Bonchev–Trinajstić information content (AvgIpc) is 3.14. The number of hydrogen-bond donors (Lipinski definition) is 0. The molecule has 148 valence electrons. The monoisotopic (exact) mass is 411 g/mol. The predicted octanol–water partition coefficient (Wildman–Crippen LogP) is 6.05. The molecular weight excluding hydrogens is 390 g/mol. The van der Waals surface area contributed by atoms with E-state index in [9.17, 15) is 4.79 Å². The topological polar surface area (TPSA) is 46.1 Å². The lowest BCUT2D eigenvalue weighted by molar-refractivity contribution is 0.0743. The zero-order valence-electron chi connectivity index (χ0n) is 16.7. The highest BCUT2D eigenvalue weighted by molar-refractivity contribution is 7.25. The van der Waals surface area contributed by atoms with Gasteiger partial charge in [-0.15, -0.1) is 11.3 Å². The fourth-order valence-electron chi connectivity index (χ4n) is 3.78. The first-order chi connectivity index (χ1) is 14.7. The molecule has 2 aromatic heterocycles. The van der Waals surface area contributed by atoms with E-state index in [1.807, 2.05) is 65.6 Å². The number of fused-ring (bicyclic) bond motifs is 4. The molecule has 0 fully saturated rings. The van der Waals surface area contributed by atoms with Gasteiger partial charge in [0.25, 0.3) is 5.91 Å². The molecule has 0 aliphatic rings. The Morgan fingerprint density at radius 3 is 2.43 bits per heavy atom. The summed E-state index contributed by atoms with van der Waals surface area (Å²) in [4.78, 5) is 25.8. The molecule has 2 heterocycles. The first-order valence-electron chi connectivity index (χ1n) is 10.1. The number of thiophene rings is 1. The van der Waals surface area contributed by atoms with Gasteiger partial charge in [-0.25, -0.2) is 9.97 Å². The summed E-state index contributed by atoms with van der Waals surface area (Å²) in [6.07, 6.45) is 0.916. The lowest BCUT2D eigenvalue weighted by Crippen LogP contribution is -2.31. The second-order valence-electron chi connectivity index (χ2n) is 7.39.